The third-order valence-corrected chi connectivity index (χ3v) is 3.22. The van der Waals surface area contributed by atoms with Gasteiger partial charge in [0.1, 0.15) is 28.5 Å². The summed E-state index contributed by atoms with van der Waals surface area (Å²) in [6, 6.07) is 9.91. The van der Waals surface area contributed by atoms with Crippen molar-refractivity contribution in [3.63, 3.8) is 0 Å². The van der Waals surface area contributed by atoms with Crippen molar-refractivity contribution in [3.8, 4) is 6.07 Å². The Kier molecular flexibility index (Phi) is 3.95. The number of aromatic nitrogens is 1. The van der Waals surface area contributed by atoms with Crippen LogP contribution in [-0.2, 0) is 0 Å². The summed E-state index contributed by atoms with van der Waals surface area (Å²) in [6.07, 6.45) is 2.88. The Hall–Kier alpha value is -3.66. The van der Waals surface area contributed by atoms with Gasteiger partial charge in [0.2, 0.25) is 0 Å². The Balaban J connectivity index is 2.03. The molecule has 0 aromatic carbocycles. The first kappa shape index (κ1) is 15.2. The van der Waals surface area contributed by atoms with Gasteiger partial charge in [-0.3, -0.25) is 4.98 Å². The van der Waals surface area contributed by atoms with Crippen LogP contribution in [0.4, 0.5) is 5.69 Å². The standard InChI is InChI=1S/C17H11N3O4/c1-10-6-15-12(16(21)23-10)7-14(17(22)24-15)20-9-11(8-18)13-4-2-3-5-19-13/h2-7,9,20H,1H3/b11-9-. The summed E-state index contributed by atoms with van der Waals surface area (Å²) in [5, 5.41) is 12.0. The fraction of sp³-hybridized carbons (Fsp3) is 0.0588. The highest BCUT2D eigenvalue weighted by Gasteiger charge is 2.10. The van der Waals surface area contributed by atoms with Crippen LogP contribution >= 0.6 is 0 Å². The number of fused-ring (bicyclic) bond motifs is 1. The average molecular weight is 321 g/mol. The van der Waals surface area contributed by atoms with E-state index in [2.05, 4.69) is 10.3 Å². The number of hydrogen-bond acceptors (Lipinski definition) is 7. The lowest BCUT2D eigenvalue weighted by molar-refractivity contribution is 0.479. The predicted octanol–water partition coefficient (Wildman–Crippen LogP) is 2.43. The van der Waals surface area contributed by atoms with Gasteiger partial charge in [0.15, 0.2) is 0 Å². The minimum absolute atomic E-state index is 0.0161. The summed E-state index contributed by atoms with van der Waals surface area (Å²) in [6.45, 7) is 1.59. The highest BCUT2D eigenvalue weighted by molar-refractivity contribution is 5.80. The molecule has 3 heterocycles. The lowest BCUT2D eigenvalue weighted by atomic mass is 10.2. The van der Waals surface area contributed by atoms with Crippen molar-refractivity contribution in [1.82, 2.24) is 4.98 Å². The Morgan fingerprint density at radius 2 is 2.08 bits per heavy atom. The first-order valence-electron chi connectivity index (χ1n) is 6.95. The number of nitriles is 1. The number of pyridine rings is 1. The van der Waals surface area contributed by atoms with Crippen molar-refractivity contribution < 1.29 is 8.83 Å². The van der Waals surface area contributed by atoms with Gasteiger partial charge < -0.3 is 14.2 Å². The maximum atomic E-state index is 12.0. The molecule has 7 nitrogen and oxygen atoms in total. The van der Waals surface area contributed by atoms with E-state index in [-0.39, 0.29) is 22.2 Å². The van der Waals surface area contributed by atoms with Crippen molar-refractivity contribution in [1.29, 1.82) is 5.26 Å². The third-order valence-electron chi connectivity index (χ3n) is 3.22. The van der Waals surface area contributed by atoms with Gasteiger partial charge >= 0.3 is 11.3 Å². The van der Waals surface area contributed by atoms with Crippen molar-refractivity contribution in [2.24, 2.45) is 0 Å². The average Bonchev–Trinajstić information content (AvgIpc) is 2.57. The molecular weight excluding hydrogens is 310 g/mol. The van der Waals surface area contributed by atoms with E-state index >= 15 is 0 Å². The molecule has 0 aliphatic rings. The van der Waals surface area contributed by atoms with Crippen LogP contribution in [0.25, 0.3) is 16.5 Å². The fourth-order valence-corrected chi connectivity index (χ4v) is 2.10. The third kappa shape index (κ3) is 2.94. The molecule has 3 rings (SSSR count). The van der Waals surface area contributed by atoms with Crippen molar-refractivity contribution in [2.75, 3.05) is 5.32 Å². The summed E-state index contributed by atoms with van der Waals surface area (Å²) in [5.41, 5.74) is -0.428. The lowest BCUT2D eigenvalue weighted by Gasteiger charge is -2.03. The van der Waals surface area contributed by atoms with Gasteiger partial charge in [-0.2, -0.15) is 5.26 Å². The summed E-state index contributed by atoms with van der Waals surface area (Å²) in [4.78, 5) is 27.9. The van der Waals surface area contributed by atoms with Crippen LogP contribution in [0.5, 0.6) is 0 Å². The summed E-state index contributed by atoms with van der Waals surface area (Å²) in [7, 11) is 0. The van der Waals surface area contributed by atoms with Crippen LogP contribution in [0.15, 0.2) is 61.2 Å². The quantitative estimate of drug-likeness (QED) is 0.738. The molecule has 0 atom stereocenters. The van der Waals surface area contributed by atoms with E-state index < -0.39 is 11.3 Å². The normalized spacial score (nSPS) is 11.2. The number of nitrogens with zero attached hydrogens (tertiary/aromatic N) is 2. The number of nitrogens with one attached hydrogen (secondary N) is 1. The van der Waals surface area contributed by atoms with Crippen molar-refractivity contribution in [2.45, 2.75) is 6.92 Å². The van der Waals surface area contributed by atoms with Crippen LogP contribution in [0, 0.1) is 18.3 Å². The molecule has 1 N–H and O–H groups in total. The molecule has 0 aliphatic carbocycles. The van der Waals surface area contributed by atoms with Gasteiger partial charge in [-0.1, -0.05) is 6.07 Å². The van der Waals surface area contributed by atoms with Crippen LogP contribution in [0.2, 0.25) is 0 Å². The lowest BCUT2D eigenvalue weighted by Crippen LogP contribution is -2.10. The van der Waals surface area contributed by atoms with Crippen LogP contribution in [-0.4, -0.2) is 4.98 Å². The van der Waals surface area contributed by atoms with Crippen LogP contribution in [0.1, 0.15) is 11.5 Å². The second kappa shape index (κ2) is 6.22. The molecule has 0 bridgehead atoms. The molecule has 0 saturated carbocycles. The maximum Gasteiger partial charge on any atom is 0.360 e. The van der Waals surface area contributed by atoms with E-state index in [0.29, 0.717) is 11.5 Å². The molecule has 0 spiro atoms. The van der Waals surface area contributed by atoms with E-state index in [4.69, 9.17) is 8.83 Å². The van der Waals surface area contributed by atoms with E-state index in [1.807, 2.05) is 6.07 Å². The molecular formula is C17H11N3O4. The van der Waals surface area contributed by atoms with E-state index in [0.717, 1.165) is 0 Å². The molecule has 0 aliphatic heterocycles. The first-order chi connectivity index (χ1) is 11.6. The Labute approximate surface area is 135 Å². The summed E-state index contributed by atoms with van der Waals surface area (Å²) in [5.74, 6) is 0.346. The van der Waals surface area contributed by atoms with Gasteiger partial charge in [-0.25, -0.2) is 9.59 Å². The fourth-order valence-electron chi connectivity index (χ4n) is 2.10. The van der Waals surface area contributed by atoms with Crippen LogP contribution in [0.3, 0.4) is 0 Å². The van der Waals surface area contributed by atoms with Gasteiger partial charge in [-0.15, -0.1) is 0 Å². The van der Waals surface area contributed by atoms with Crippen LogP contribution < -0.4 is 16.6 Å². The molecule has 7 heteroatoms. The highest BCUT2D eigenvalue weighted by atomic mass is 16.4. The summed E-state index contributed by atoms with van der Waals surface area (Å²) < 4.78 is 10.1. The number of rotatable bonds is 3. The molecule has 3 aromatic heterocycles. The largest absolute Gasteiger partial charge is 0.428 e. The number of allylic oxidation sites excluding steroid dienone is 1. The number of aryl methyl sites for hydroxylation is 1. The molecule has 0 radical (unpaired) electrons. The first-order valence-corrected chi connectivity index (χ1v) is 6.95. The monoisotopic (exact) mass is 321 g/mol. The van der Waals surface area contributed by atoms with Crippen molar-refractivity contribution >= 4 is 22.2 Å². The molecule has 3 aromatic rings. The predicted molar refractivity (Wildman–Crippen MR) is 87.2 cm³/mol. The van der Waals surface area contributed by atoms with Gasteiger partial charge in [0.05, 0.1) is 11.3 Å². The molecule has 118 valence electrons. The highest BCUT2D eigenvalue weighted by Crippen LogP contribution is 2.15. The van der Waals surface area contributed by atoms with E-state index in [9.17, 15) is 14.9 Å². The Morgan fingerprint density at radius 3 is 2.79 bits per heavy atom. The Morgan fingerprint density at radius 1 is 1.25 bits per heavy atom. The second-order valence-electron chi connectivity index (χ2n) is 4.90. The molecule has 0 amide bonds. The smallest absolute Gasteiger partial charge is 0.360 e. The number of hydrogen-bond donors (Lipinski definition) is 1. The molecule has 24 heavy (non-hydrogen) atoms. The van der Waals surface area contributed by atoms with Gasteiger partial charge in [0, 0.05) is 18.5 Å². The van der Waals surface area contributed by atoms with Gasteiger partial charge in [0.25, 0.3) is 0 Å². The van der Waals surface area contributed by atoms with E-state index in [1.54, 1.807) is 31.3 Å². The van der Waals surface area contributed by atoms with Gasteiger partial charge in [-0.05, 0) is 25.1 Å². The zero-order chi connectivity index (χ0) is 17.1. The van der Waals surface area contributed by atoms with Crippen molar-refractivity contribution in [3.05, 3.63) is 75.0 Å². The topological polar surface area (TPSA) is 109 Å². The minimum atomic E-state index is -0.665. The molecule has 0 unspecified atom stereocenters. The summed E-state index contributed by atoms with van der Waals surface area (Å²) >= 11 is 0. The second-order valence-corrected chi connectivity index (χ2v) is 4.90. The molecule has 0 fully saturated rings. The SMILES string of the molecule is Cc1cc2oc(=O)c(N/C=C(/C#N)c3ccccn3)cc2c(=O)o1. The molecule has 0 saturated heterocycles. The maximum absolute atomic E-state index is 12.0. The Bertz CT molecular complexity index is 1090. The van der Waals surface area contributed by atoms with E-state index in [1.165, 1.54) is 18.3 Å². The zero-order valence-electron chi connectivity index (χ0n) is 12.6. The minimum Gasteiger partial charge on any atom is -0.428 e. The zero-order valence-corrected chi connectivity index (χ0v) is 12.6. The number of anilines is 1.